The lowest BCUT2D eigenvalue weighted by atomic mass is 10.00. The number of H-pyrrole nitrogens is 1. The van der Waals surface area contributed by atoms with E-state index in [0.717, 1.165) is 23.2 Å². The molecule has 9 heteroatoms. The lowest BCUT2D eigenvalue weighted by Crippen LogP contribution is -2.40. The van der Waals surface area contributed by atoms with Gasteiger partial charge in [0, 0.05) is 24.0 Å². The molecular weight excluding hydrogens is 430 g/mol. The van der Waals surface area contributed by atoms with Crippen LogP contribution in [0.1, 0.15) is 33.7 Å². The Kier molecular flexibility index (Phi) is 4.36. The number of imidazole rings is 1. The van der Waals surface area contributed by atoms with Gasteiger partial charge in [0.2, 0.25) is 11.7 Å². The van der Waals surface area contributed by atoms with Crippen LogP contribution in [0, 0.1) is 11.6 Å². The number of para-hydroxylation sites is 1. The number of carbonyl (C=O) groups is 1. The summed E-state index contributed by atoms with van der Waals surface area (Å²) in [4.78, 5) is 26.5. The molecule has 0 bridgehead atoms. The average Bonchev–Trinajstić information content (AvgIpc) is 3.56. The molecule has 1 aliphatic rings. The van der Waals surface area contributed by atoms with Crippen LogP contribution in [0.25, 0.3) is 22.4 Å². The van der Waals surface area contributed by atoms with Crippen molar-refractivity contribution in [3.63, 3.8) is 0 Å². The Labute approximate surface area is 185 Å². The largest absolute Gasteiger partial charge is 0.458 e. The molecule has 0 saturated heterocycles. The van der Waals surface area contributed by atoms with Crippen LogP contribution in [0.5, 0.6) is 0 Å². The number of aromatic amines is 1. The Morgan fingerprint density at radius 1 is 1.06 bits per heavy atom. The number of nitrogens with one attached hydrogen (secondary N) is 1. The number of nitrogens with zero attached hydrogens (tertiary/aromatic N) is 3. The first-order chi connectivity index (χ1) is 16.1. The standard InChI is InChI=1S/C24H16F2N4O3/c25-14-5-3-6-15(26)20(14)23-27-11-19(33-23)24(31)30-9-8-16-21(29-12-28-16)22(30)18-10-13-4-1-2-7-17(13)32-18/h1-7,10-12,22H,8-9H2,(H,28,29)/t22-/m1/s1. The maximum absolute atomic E-state index is 14.2. The first-order valence-electron chi connectivity index (χ1n) is 10.3. The zero-order valence-electron chi connectivity index (χ0n) is 17.1. The van der Waals surface area contributed by atoms with Crippen LogP contribution >= 0.6 is 0 Å². The highest BCUT2D eigenvalue weighted by Gasteiger charge is 2.38. The van der Waals surface area contributed by atoms with Crippen molar-refractivity contribution in [3.8, 4) is 11.5 Å². The third-order valence-electron chi connectivity index (χ3n) is 5.79. The van der Waals surface area contributed by atoms with Crippen LogP contribution in [0.15, 0.2) is 69.9 Å². The lowest BCUT2D eigenvalue weighted by Gasteiger charge is -2.33. The van der Waals surface area contributed by atoms with E-state index in [-0.39, 0.29) is 11.7 Å². The van der Waals surface area contributed by atoms with Crippen molar-refractivity contribution in [2.75, 3.05) is 6.54 Å². The summed E-state index contributed by atoms with van der Waals surface area (Å²) in [5, 5.41) is 0.902. The van der Waals surface area contributed by atoms with Crippen LogP contribution < -0.4 is 0 Å². The normalized spacial score (nSPS) is 15.7. The molecule has 0 aliphatic carbocycles. The van der Waals surface area contributed by atoms with E-state index in [1.54, 1.807) is 11.2 Å². The highest BCUT2D eigenvalue weighted by molar-refractivity contribution is 5.92. The number of hydrogen-bond acceptors (Lipinski definition) is 5. The molecule has 33 heavy (non-hydrogen) atoms. The van der Waals surface area contributed by atoms with Gasteiger partial charge in [0.05, 0.1) is 18.2 Å². The number of halogens is 2. The maximum atomic E-state index is 14.2. The first kappa shape index (κ1) is 19.4. The molecule has 1 aliphatic heterocycles. The predicted molar refractivity (Wildman–Crippen MR) is 113 cm³/mol. The molecule has 2 aromatic carbocycles. The van der Waals surface area contributed by atoms with E-state index in [1.165, 1.54) is 12.3 Å². The van der Waals surface area contributed by atoms with Crippen molar-refractivity contribution in [2.45, 2.75) is 12.5 Å². The van der Waals surface area contributed by atoms with E-state index < -0.39 is 29.1 Å². The number of aromatic nitrogens is 3. The fourth-order valence-electron chi connectivity index (χ4n) is 4.25. The molecule has 0 fully saturated rings. The third kappa shape index (κ3) is 3.12. The number of furan rings is 1. The Bertz CT molecular complexity index is 1450. The number of carbonyl (C=O) groups excluding carboxylic acids is 1. The molecule has 6 rings (SSSR count). The van der Waals surface area contributed by atoms with Gasteiger partial charge in [0.15, 0.2) is 0 Å². The fourth-order valence-corrected chi connectivity index (χ4v) is 4.25. The van der Waals surface area contributed by atoms with Crippen molar-refractivity contribution in [1.29, 1.82) is 0 Å². The summed E-state index contributed by atoms with van der Waals surface area (Å²) in [7, 11) is 0. The molecule has 164 valence electrons. The molecule has 7 nitrogen and oxygen atoms in total. The van der Waals surface area contributed by atoms with Crippen molar-refractivity contribution in [3.05, 3.63) is 95.6 Å². The highest BCUT2D eigenvalue weighted by atomic mass is 19.1. The van der Waals surface area contributed by atoms with E-state index in [1.807, 2.05) is 30.3 Å². The van der Waals surface area contributed by atoms with E-state index in [0.29, 0.717) is 30.0 Å². The minimum Gasteiger partial charge on any atom is -0.458 e. The van der Waals surface area contributed by atoms with Gasteiger partial charge in [0.1, 0.15) is 34.6 Å². The minimum absolute atomic E-state index is 0.132. The second-order valence-electron chi connectivity index (χ2n) is 7.73. The van der Waals surface area contributed by atoms with Gasteiger partial charge in [-0.2, -0.15) is 0 Å². The Hall–Kier alpha value is -4.27. The molecule has 5 aromatic rings. The number of amides is 1. The van der Waals surface area contributed by atoms with E-state index >= 15 is 0 Å². The number of benzene rings is 2. The van der Waals surface area contributed by atoms with E-state index in [2.05, 4.69) is 15.0 Å². The third-order valence-corrected chi connectivity index (χ3v) is 5.79. The Morgan fingerprint density at radius 3 is 2.70 bits per heavy atom. The second-order valence-corrected chi connectivity index (χ2v) is 7.73. The zero-order valence-corrected chi connectivity index (χ0v) is 17.1. The highest BCUT2D eigenvalue weighted by Crippen LogP contribution is 2.37. The summed E-state index contributed by atoms with van der Waals surface area (Å²) >= 11 is 0. The molecular formula is C24H16F2N4O3. The summed E-state index contributed by atoms with van der Waals surface area (Å²) in [6, 6.07) is 12.3. The van der Waals surface area contributed by atoms with Gasteiger partial charge in [-0.3, -0.25) is 4.79 Å². The molecule has 1 amide bonds. The van der Waals surface area contributed by atoms with Crippen LogP contribution in [0.4, 0.5) is 8.78 Å². The summed E-state index contributed by atoms with van der Waals surface area (Å²) in [5.41, 5.74) is 1.86. The minimum atomic E-state index is -0.824. The maximum Gasteiger partial charge on any atom is 0.292 e. The molecule has 1 atom stereocenters. The van der Waals surface area contributed by atoms with Gasteiger partial charge in [0.25, 0.3) is 5.91 Å². The van der Waals surface area contributed by atoms with Crippen LogP contribution in [0.2, 0.25) is 0 Å². The van der Waals surface area contributed by atoms with Gasteiger partial charge < -0.3 is 18.7 Å². The molecule has 0 spiro atoms. The van der Waals surface area contributed by atoms with Crippen molar-refractivity contribution in [2.24, 2.45) is 0 Å². The molecule has 0 unspecified atom stereocenters. The van der Waals surface area contributed by atoms with Gasteiger partial charge >= 0.3 is 0 Å². The van der Waals surface area contributed by atoms with E-state index in [4.69, 9.17) is 8.83 Å². The van der Waals surface area contributed by atoms with Crippen molar-refractivity contribution >= 4 is 16.9 Å². The van der Waals surface area contributed by atoms with Gasteiger partial charge in [-0.1, -0.05) is 24.3 Å². The molecule has 3 aromatic heterocycles. The number of hydrogen-bond donors (Lipinski definition) is 1. The number of fused-ring (bicyclic) bond motifs is 2. The Balaban J connectivity index is 1.41. The number of oxazole rings is 1. The molecule has 0 saturated carbocycles. The monoisotopic (exact) mass is 446 g/mol. The van der Waals surface area contributed by atoms with Crippen LogP contribution in [0.3, 0.4) is 0 Å². The Morgan fingerprint density at radius 2 is 1.88 bits per heavy atom. The van der Waals surface area contributed by atoms with E-state index in [9.17, 15) is 13.6 Å². The SMILES string of the molecule is O=C(c1cnc(-c2c(F)cccc2F)o1)N1CCc2[nH]cnc2[C@H]1c1cc2ccccc2o1. The summed E-state index contributed by atoms with van der Waals surface area (Å²) in [6.07, 6.45) is 3.32. The van der Waals surface area contributed by atoms with Crippen molar-refractivity contribution in [1.82, 2.24) is 19.9 Å². The number of rotatable bonds is 3. The molecule has 4 heterocycles. The topological polar surface area (TPSA) is 88.2 Å². The second kappa shape index (κ2) is 7.40. The predicted octanol–water partition coefficient (Wildman–Crippen LogP) is 4.88. The zero-order chi connectivity index (χ0) is 22.5. The summed E-state index contributed by atoms with van der Waals surface area (Å²) < 4.78 is 39.9. The van der Waals surface area contributed by atoms with Crippen LogP contribution in [-0.2, 0) is 6.42 Å². The average molecular weight is 446 g/mol. The van der Waals surface area contributed by atoms with Gasteiger partial charge in [-0.15, -0.1) is 0 Å². The van der Waals surface area contributed by atoms with Gasteiger partial charge in [-0.05, 0) is 24.3 Å². The fraction of sp³-hybridized carbons (Fsp3) is 0.125. The summed E-state index contributed by atoms with van der Waals surface area (Å²) in [6.45, 7) is 0.361. The summed E-state index contributed by atoms with van der Waals surface area (Å²) in [5.74, 6) is -2.01. The van der Waals surface area contributed by atoms with Crippen LogP contribution in [-0.4, -0.2) is 32.3 Å². The quantitative estimate of drug-likeness (QED) is 0.427. The molecule has 1 N–H and O–H groups in total. The lowest BCUT2D eigenvalue weighted by molar-refractivity contribution is 0.0641. The molecule has 0 radical (unpaired) electrons. The van der Waals surface area contributed by atoms with Crippen molar-refractivity contribution < 1.29 is 22.4 Å². The first-order valence-corrected chi connectivity index (χ1v) is 10.3. The smallest absolute Gasteiger partial charge is 0.292 e. The van der Waals surface area contributed by atoms with Gasteiger partial charge in [-0.25, -0.2) is 18.7 Å².